The van der Waals surface area contributed by atoms with E-state index in [4.69, 9.17) is 15.9 Å². The van der Waals surface area contributed by atoms with Crippen molar-refractivity contribution >= 4 is 6.03 Å². The average molecular weight is 422 g/mol. The fourth-order valence-electron chi connectivity index (χ4n) is 3.79. The lowest BCUT2D eigenvalue weighted by Crippen LogP contribution is -2.47. The smallest absolute Gasteiger partial charge is 0.315 e. The van der Waals surface area contributed by atoms with Crippen molar-refractivity contribution in [3.63, 3.8) is 0 Å². The molecule has 2 N–H and O–H groups in total. The van der Waals surface area contributed by atoms with Crippen LogP contribution in [0.25, 0.3) is 0 Å². The number of rotatable bonds is 8. The molecule has 164 valence electrons. The number of terminal acetylenes is 1. The van der Waals surface area contributed by atoms with Crippen LogP contribution >= 0.6 is 0 Å². The van der Waals surface area contributed by atoms with Crippen LogP contribution in [-0.4, -0.2) is 43.8 Å². The van der Waals surface area contributed by atoms with Crippen LogP contribution in [0.3, 0.4) is 0 Å². The number of ether oxygens (including phenoxy) is 2. The van der Waals surface area contributed by atoms with Crippen molar-refractivity contribution in [1.82, 2.24) is 15.5 Å². The average Bonchev–Trinajstić information content (AvgIpc) is 2.77. The summed E-state index contributed by atoms with van der Waals surface area (Å²) in [5.74, 6) is 3.62. The van der Waals surface area contributed by atoms with Crippen LogP contribution < -0.4 is 20.1 Å². The molecule has 0 radical (unpaired) electrons. The molecule has 3 rings (SSSR count). The summed E-state index contributed by atoms with van der Waals surface area (Å²) in [7, 11) is 1.58. The zero-order valence-electron chi connectivity index (χ0n) is 18.3. The summed E-state index contributed by atoms with van der Waals surface area (Å²) >= 11 is 0. The van der Waals surface area contributed by atoms with E-state index in [1.165, 1.54) is 11.1 Å². The first-order valence-electron chi connectivity index (χ1n) is 10.6. The van der Waals surface area contributed by atoms with Crippen molar-refractivity contribution in [3.05, 3.63) is 59.2 Å². The van der Waals surface area contributed by atoms with Crippen LogP contribution in [0.2, 0.25) is 0 Å². The molecule has 6 nitrogen and oxygen atoms in total. The normalized spacial score (nSPS) is 14.5. The molecule has 0 spiro atoms. The molecule has 0 aliphatic carbocycles. The fourth-order valence-corrected chi connectivity index (χ4v) is 3.79. The van der Waals surface area contributed by atoms with Gasteiger partial charge in [-0.25, -0.2) is 4.79 Å². The SMILES string of the molecule is C#CCOc1cc(CNC(=O)NC2CCN(Cc3cccc(C)c3)CC2)ccc1OC. The highest BCUT2D eigenvalue weighted by Gasteiger charge is 2.20. The summed E-state index contributed by atoms with van der Waals surface area (Å²) < 4.78 is 10.8. The quantitative estimate of drug-likeness (QED) is 0.641. The molecule has 1 saturated heterocycles. The van der Waals surface area contributed by atoms with Gasteiger partial charge >= 0.3 is 6.03 Å². The van der Waals surface area contributed by atoms with Crippen molar-refractivity contribution in [2.24, 2.45) is 0 Å². The molecular weight excluding hydrogens is 390 g/mol. The van der Waals surface area contributed by atoms with Gasteiger partial charge in [-0.1, -0.05) is 41.8 Å². The number of hydrogen-bond acceptors (Lipinski definition) is 4. The van der Waals surface area contributed by atoms with Gasteiger partial charge < -0.3 is 20.1 Å². The molecule has 0 bridgehead atoms. The maximum absolute atomic E-state index is 12.4. The Morgan fingerprint density at radius 1 is 1.16 bits per heavy atom. The number of amides is 2. The third-order valence-corrected chi connectivity index (χ3v) is 5.40. The van der Waals surface area contributed by atoms with Crippen molar-refractivity contribution in [2.75, 3.05) is 26.8 Å². The van der Waals surface area contributed by atoms with Crippen molar-refractivity contribution < 1.29 is 14.3 Å². The number of hydrogen-bond donors (Lipinski definition) is 2. The van der Waals surface area contributed by atoms with Crippen LogP contribution in [0.4, 0.5) is 4.79 Å². The number of methoxy groups -OCH3 is 1. The number of nitrogens with one attached hydrogen (secondary N) is 2. The number of nitrogens with zero attached hydrogens (tertiary/aromatic N) is 1. The van der Waals surface area contributed by atoms with Gasteiger partial charge in [0.25, 0.3) is 0 Å². The van der Waals surface area contributed by atoms with Gasteiger partial charge in [0, 0.05) is 32.2 Å². The van der Waals surface area contributed by atoms with Crippen molar-refractivity contribution in [2.45, 2.75) is 38.9 Å². The van der Waals surface area contributed by atoms with E-state index in [9.17, 15) is 4.79 Å². The second-order valence-corrected chi connectivity index (χ2v) is 7.84. The Bertz CT molecular complexity index is 914. The van der Waals surface area contributed by atoms with Crippen LogP contribution in [-0.2, 0) is 13.1 Å². The van der Waals surface area contributed by atoms with Gasteiger partial charge in [-0.15, -0.1) is 6.42 Å². The number of carbonyl (C=O) groups is 1. The highest BCUT2D eigenvalue weighted by molar-refractivity contribution is 5.74. The van der Waals surface area contributed by atoms with Crippen LogP contribution in [0.5, 0.6) is 11.5 Å². The van der Waals surface area contributed by atoms with Crippen LogP contribution in [0.1, 0.15) is 29.5 Å². The first-order chi connectivity index (χ1) is 15.1. The molecule has 2 aromatic rings. The first-order valence-corrected chi connectivity index (χ1v) is 10.6. The summed E-state index contributed by atoms with van der Waals surface area (Å²) in [6.07, 6.45) is 7.16. The van der Waals surface area contributed by atoms with Gasteiger partial charge in [-0.3, -0.25) is 4.90 Å². The predicted octanol–water partition coefficient (Wildman–Crippen LogP) is 3.48. The number of carbonyl (C=O) groups excluding carboxylic acids is 1. The standard InChI is InChI=1S/C25H31N3O3/c1-4-14-31-24-16-20(8-9-23(24)30-3)17-26-25(29)27-22-10-12-28(13-11-22)18-21-7-5-6-19(2)15-21/h1,5-9,15-16,22H,10-14,17-18H2,2-3H3,(H2,26,27,29). The minimum Gasteiger partial charge on any atom is -0.493 e. The summed E-state index contributed by atoms with van der Waals surface area (Å²) in [5, 5.41) is 6.02. The Balaban J connectivity index is 1.42. The Morgan fingerprint density at radius 2 is 1.97 bits per heavy atom. The van der Waals surface area contributed by atoms with E-state index in [2.05, 4.69) is 52.6 Å². The van der Waals surface area contributed by atoms with Crippen molar-refractivity contribution in [3.8, 4) is 23.8 Å². The molecule has 6 heteroatoms. The third-order valence-electron chi connectivity index (χ3n) is 5.40. The lowest BCUT2D eigenvalue weighted by Gasteiger charge is -2.32. The molecular formula is C25H31N3O3. The lowest BCUT2D eigenvalue weighted by atomic mass is 10.0. The molecule has 0 aromatic heterocycles. The van der Waals surface area contributed by atoms with Gasteiger partial charge in [0.2, 0.25) is 0 Å². The highest BCUT2D eigenvalue weighted by Crippen LogP contribution is 2.28. The van der Waals surface area contributed by atoms with E-state index in [1.807, 2.05) is 18.2 Å². The number of aryl methyl sites for hydroxylation is 1. The number of likely N-dealkylation sites (tertiary alicyclic amines) is 1. The minimum absolute atomic E-state index is 0.154. The molecule has 0 unspecified atom stereocenters. The Hall–Kier alpha value is -3.17. The van der Waals surface area contributed by atoms with E-state index in [0.29, 0.717) is 18.0 Å². The van der Waals surface area contributed by atoms with Gasteiger partial charge in [-0.2, -0.15) is 0 Å². The zero-order valence-corrected chi connectivity index (χ0v) is 18.3. The molecule has 1 aliphatic rings. The van der Waals surface area contributed by atoms with Gasteiger partial charge in [0.05, 0.1) is 7.11 Å². The number of urea groups is 1. The summed E-state index contributed by atoms with van der Waals surface area (Å²) in [4.78, 5) is 14.8. The largest absolute Gasteiger partial charge is 0.493 e. The Kier molecular flexibility index (Phi) is 8.19. The molecule has 31 heavy (non-hydrogen) atoms. The van der Waals surface area contributed by atoms with E-state index >= 15 is 0 Å². The van der Waals surface area contributed by atoms with Crippen LogP contribution in [0, 0.1) is 19.3 Å². The molecule has 0 atom stereocenters. The maximum Gasteiger partial charge on any atom is 0.315 e. The molecule has 0 saturated carbocycles. The van der Waals surface area contributed by atoms with E-state index in [1.54, 1.807) is 7.11 Å². The van der Waals surface area contributed by atoms with Crippen molar-refractivity contribution in [1.29, 1.82) is 0 Å². The molecule has 2 amide bonds. The zero-order chi connectivity index (χ0) is 22.1. The second kappa shape index (κ2) is 11.3. The second-order valence-electron chi connectivity index (χ2n) is 7.84. The summed E-state index contributed by atoms with van der Waals surface area (Å²) in [5.41, 5.74) is 3.54. The molecule has 1 aliphatic heterocycles. The minimum atomic E-state index is -0.154. The number of piperidine rings is 1. The fraction of sp³-hybridized carbons (Fsp3) is 0.400. The highest BCUT2D eigenvalue weighted by atomic mass is 16.5. The van der Waals surface area contributed by atoms with Gasteiger partial charge in [0.15, 0.2) is 11.5 Å². The number of benzene rings is 2. The molecule has 1 fully saturated rings. The van der Waals surface area contributed by atoms with E-state index in [0.717, 1.165) is 38.0 Å². The maximum atomic E-state index is 12.4. The van der Waals surface area contributed by atoms with Crippen LogP contribution in [0.15, 0.2) is 42.5 Å². The Labute approximate surface area is 184 Å². The molecule has 1 heterocycles. The van der Waals surface area contributed by atoms with E-state index < -0.39 is 0 Å². The van der Waals surface area contributed by atoms with Gasteiger partial charge in [-0.05, 0) is 43.0 Å². The van der Waals surface area contributed by atoms with Gasteiger partial charge in [0.1, 0.15) is 6.61 Å². The Morgan fingerprint density at radius 3 is 2.68 bits per heavy atom. The molecule has 2 aromatic carbocycles. The summed E-state index contributed by atoms with van der Waals surface area (Å²) in [6, 6.07) is 14.2. The lowest BCUT2D eigenvalue weighted by molar-refractivity contribution is 0.186. The predicted molar refractivity (Wildman–Crippen MR) is 122 cm³/mol. The third kappa shape index (κ3) is 6.94. The first kappa shape index (κ1) is 22.5. The van der Waals surface area contributed by atoms with E-state index in [-0.39, 0.29) is 18.7 Å². The summed E-state index contributed by atoms with van der Waals surface area (Å²) in [6.45, 7) is 5.60. The topological polar surface area (TPSA) is 62.8 Å². The monoisotopic (exact) mass is 421 g/mol.